The second-order valence-corrected chi connectivity index (χ2v) is 6.58. The summed E-state index contributed by atoms with van der Waals surface area (Å²) in [6.45, 7) is 1.42. The number of nitrogens with two attached hydrogens (primary N) is 1. The lowest BCUT2D eigenvalue weighted by atomic mass is 10.1. The summed E-state index contributed by atoms with van der Waals surface area (Å²) >= 11 is 4.81. The minimum Gasteiger partial charge on any atom is -0.393 e. The van der Waals surface area contributed by atoms with E-state index in [9.17, 15) is 8.42 Å². The van der Waals surface area contributed by atoms with Crippen molar-refractivity contribution >= 4 is 27.2 Å². The Hall–Kier alpha value is -1.06. The molecule has 0 aromatic heterocycles. The molecule has 0 unspecified atom stereocenters. The lowest BCUT2D eigenvalue weighted by molar-refractivity contribution is 0.0736. The highest BCUT2D eigenvalue weighted by molar-refractivity contribution is 7.89. The van der Waals surface area contributed by atoms with E-state index in [2.05, 4.69) is 4.72 Å². The highest BCUT2D eigenvalue weighted by atomic mass is 32.2. The molecule has 8 heteroatoms. The number of sulfonamides is 1. The molecule has 0 saturated carbocycles. The van der Waals surface area contributed by atoms with Crippen molar-refractivity contribution in [2.24, 2.45) is 5.73 Å². The van der Waals surface area contributed by atoms with E-state index in [0.29, 0.717) is 31.2 Å². The normalized spacial score (nSPS) is 11.5. The highest BCUT2D eigenvalue weighted by Crippen LogP contribution is 2.10. The molecule has 0 aliphatic heterocycles. The fraction of sp³-hybridized carbons (Fsp3) is 0.462. The maximum Gasteiger partial charge on any atom is 0.240 e. The minimum absolute atomic E-state index is 0.200. The van der Waals surface area contributed by atoms with Gasteiger partial charge < -0.3 is 15.2 Å². The van der Waals surface area contributed by atoms with Gasteiger partial charge >= 0.3 is 0 Å². The van der Waals surface area contributed by atoms with E-state index < -0.39 is 10.0 Å². The maximum atomic E-state index is 12.0. The average Bonchev–Trinajstić information content (AvgIpc) is 2.42. The Kier molecular flexibility index (Phi) is 7.76. The average molecular weight is 332 g/mol. The number of nitrogens with one attached hydrogen (secondary N) is 1. The molecule has 0 saturated heterocycles. The Morgan fingerprint density at radius 2 is 1.90 bits per heavy atom. The smallest absolute Gasteiger partial charge is 0.240 e. The maximum absolute atomic E-state index is 12.0. The molecule has 1 aromatic rings. The van der Waals surface area contributed by atoms with Crippen molar-refractivity contribution in [3.05, 3.63) is 29.8 Å². The number of hydrogen-bond donors (Lipinski definition) is 2. The number of hydrogen-bond acceptors (Lipinski definition) is 5. The zero-order valence-electron chi connectivity index (χ0n) is 11.9. The molecule has 0 aliphatic carbocycles. The van der Waals surface area contributed by atoms with Gasteiger partial charge in [-0.15, -0.1) is 0 Å². The Balaban J connectivity index is 2.48. The topological polar surface area (TPSA) is 90.6 Å². The second-order valence-electron chi connectivity index (χ2n) is 4.29. The van der Waals surface area contributed by atoms with Gasteiger partial charge in [0, 0.05) is 20.1 Å². The van der Waals surface area contributed by atoms with Crippen LogP contribution in [0.5, 0.6) is 0 Å². The second kappa shape index (κ2) is 9.06. The molecule has 1 rings (SSSR count). The number of thiocarbonyl (C=S) groups is 1. The molecule has 0 atom stereocenters. The van der Waals surface area contributed by atoms with Gasteiger partial charge in [0.05, 0.1) is 29.7 Å². The van der Waals surface area contributed by atoms with Gasteiger partial charge in [-0.25, -0.2) is 13.1 Å². The molecule has 21 heavy (non-hydrogen) atoms. The van der Waals surface area contributed by atoms with Crippen LogP contribution in [0.25, 0.3) is 0 Å². The van der Waals surface area contributed by atoms with Crippen molar-refractivity contribution < 1.29 is 17.9 Å². The van der Waals surface area contributed by atoms with Crippen molar-refractivity contribution in [2.75, 3.05) is 33.5 Å². The number of ether oxygens (including phenoxy) is 2. The fourth-order valence-corrected chi connectivity index (χ4v) is 2.74. The molecule has 1 aromatic carbocycles. The fourth-order valence-electron chi connectivity index (χ4n) is 1.56. The first-order valence-corrected chi connectivity index (χ1v) is 8.28. The van der Waals surface area contributed by atoms with E-state index in [-0.39, 0.29) is 11.4 Å². The van der Waals surface area contributed by atoms with Crippen LogP contribution < -0.4 is 10.5 Å². The molecule has 0 radical (unpaired) electrons. The van der Waals surface area contributed by atoms with E-state index in [1.165, 1.54) is 12.1 Å². The lowest BCUT2D eigenvalue weighted by Crippen LogP contribution is -2.27. The van der Waals surface area contributed by atoms with Crippen molar-refractivity contribution in [3.63, 3.8) is 0 Å². The molecule has 0 fully saturated rings. The molecule has 0 amide bonds. The van der Waals surface area contributed by atoms with Crippen LogP contribution in [0.1, 0.15) is 5.56 Å². The molecule has 118 valence electrons. The van der Waals surface area contributed by atoms with Gasteiger partial charge in [-0.1, -0.05) is 24.4 Å². The lowest BCUT2D eigenvalue weighted by Gasteiger charge is -2.08. The van der Waals surface area contributed by atoms with Crippen molar-refractivity contribution in [2.45, 2.75) is 11.3 Å². The Labute approximate surface area is 130 Å². The molecule has 6 nitrogen and oxygen atoms in total. The third-order valence-electron chi connectivity index (χ3n) is 2.58. The predicted molar refractivity (Wildman–Crippen MR) is 84.8 cm³/mol. The number of rotatable bonds is 10. The Morgan fingerprint density at radius 1 is 1.24 bits per heavy atom. The quantitative estimate of drug-likeness (QED) is 0.478. The molecule has 3 N–H and O–H groups in total. The van der Waals surface area contributed by atoms with Gasteiger partial charge in [-0.05, 0) is 17.7 Å². The standard InChI is InChI=1S/C13H20N2O4S2/c1-18-8-9-19-7-6-15-21(16,17)12-4-2-11(3-5-12)10-13(14)20/h2-5,15H,6-10H2,1H3,(H2,14,20). The van der Waals surface area contributed by atoms with E-state index in [1.54, 1.807) is 19.2 Å². The summed E-state index contributed by atoms with van der Waals surface area (Å²) in [7, 11) is -1.95. The zero-order chi connectivity index (χ0) is 15.7. The molecule has 0 heterocycles. The van der Waals surface area contributed by atoms with E-state index >= 15 is 0 Å². The minimum atomic E-state index is -3.52. The number of benzene rings is 1. The van der Waals surface area contributed by atoms with Crippen LogP contribution >= 0.6 is 12.2 Å². The van der Waals surface area contributed by atoms with Gasteiger partial charge in [-0.3, -0.25) is 0 Å². The summed E-state index contributed by atoms with van der Waals surface area (Å²) in [5, 5.41) is 0. The highest BCUT2D eigenvalue weighted by Gasteiger charge is 2.12. The van der Waals surface area contributed by atoms with Gasteiger partial charge in [-0.2, -0.15) is 0 Å². The van der Waals surface area contributed by atoms with Gasteiger partial charge in [0.15, 0.2) is 0 Å². The first kappa shape index (κ1) is 18.0. The van der Waals surface area contributed by atoms with Crippen molar-refractivity contribution in [3.8, 4) is 0 Å². The summed E-state index contributed by atoms with van der Waals surface area (Å²) < 4.78 is 36.5. The van der Waals surface area contributed by atoms with Crippen LogP contribution in [0.3, 0.4) is 0 Å². The third-order valence-corrected chi connectivity index (χ3v) is 4.20. The van der Waals surface area contributed by atoms with Gasteiger partial charge in [0.1, 0.15) is 0 Å². The summed E-state index contributed by atoms with van der Waals surface area (Å²) in [5.74, 6) is 0. The largest absolute Gasteiger partial charge is 0.393 e. The SMILES string of the molecule is COCCOCCNS(=O)(=O)c1ccc(CC(N)=S)cc1. The zero-order valence-corrected chi connectivity index (χ0v) is 13.5. The first-order valence-electron chi connectivity index (χ1n) is 6.39. The van der Waals surface area contributed by atoms with Crippen molar-refractivity contribution in [1.29, 1.82) is 0 Å². The molecule has 0 aliphatic rings. The summed E-state index contributed by atoms with van der Waals surface area (Å²) in [5.41, 5.74) is 6.32. The van der Waals surface area contributed by atoms with Crippen LogP contribution in [0.2, 0.25) is 0 Å². The molecule has 0 bridgehead atoms. The van der Waals surface area contributed by atoms with Gasteiger partial charge in [0.2, 0.25) is 10.0 Å². The van der Waals surface area contributed by atoms with E-state index in [1.807, 2.05) is 0 Å². The summed E-state index contributed by atoms with van der Waals surface area (Å²) in [6.07, 6.45) is 0.455. The van der Waals surface area contributed by atoms with Crippen LogP contribution in [-0.4, -0.2) is 46.9 Å². The van der Waals surface area contributed by atoms with E-state index in [4.69, 9.17) is 27.4 Å². The van der Waals surface area contributed by atoms with E-state index in [0.717, 1.165) is 5.56 Å². The van der Waals surface area contributed by atoms with Crippen LogP contribution in [0.4, 0.5) is 0 Å². The summed E-state index contributed by atoms with van der Waals surface area (Å²) in [4.78, 5) is 0.572. The Bertz CT molecular complexity index is 544. The van der Waals surface area contributed by atoms with Gasteiger partial charge in [0.25, 0.3) is 0 Å². The van der Waals surface area contributed by atoms with Crippen LogP contribution in [0, 0.1) is 0 Å². The molecule has 0 spiro atoms. The van der Waals surface area contributed by atoms with Crippen molar-refractivity contribution in [1.82, 2.24) is 4.72 Å². The molecular formula is C13H20N2O4S2. The number of methoxy groups -OCH3 is 1. The van der Waals surface area contributed by atoms with Crippen LogP contribution in [0.15, 0.2) is 29.2 Å². The van der Waals surface area contributed by atoms with Crippen LogP contribution in [-0.2, 0) is 25.9 Å². The predicted octanol–water partition coefficient (Wildman–Crippen LogP) is 0.457. The third kappa shape index (κ3) is 6.96. The Morgan fingerprint density at radius 3 is 2.48 bits per heavy atom. The summed E-state index contributed by atoms with van der Waals surface area (Å²) in [6, 6.07) is 6.45. The monoisotopic (exact) mass is 332 g/mol. The molecular weight excluding hydrogens is 312 g/mol. The first-order chi connectivity index (χ1) is 9.95.